The second kappa shape index (κ2) is 22.0. The van der Waals surface area contributed by atoms with Gasteiger partial charge in [-0.25, -0.2) is 0 Å². The highest BCUT2D eigenvalue weighted by atomic mass is 33.1. The lowest BCUT2D eigenvalue weighted by molar-refractivity contribution is -0.120. The van der Waals surface area contributed by atoms with Crippen LogP contribution in [-0.4, -0.2) is 48.9 Å². The summed E-state index contributed by atoms with van der Waals surface area (Å²) >= 11 is 0. The first kappa shape index (κ1) is 36.1. The van der Waals surface area contributed by atoms with Gasteiger partial charge in [-0.15, -0.1) is 0 Å². The Labute approximate surface area is 233 Å². The van der Waals surface area contributed by atoms with Crippen molar-refractivity contribution in [3.05, 3.63) is 0 Å². The molecular formula is C30H61NO3S2. The predicted octanol–water partition coefficient (Wildman–Crippen LogP) is 9.07. The molecule has 0 radical (unpaired) electrons. The van der Waals surface area contributed by atoms with E-state index in [1.165, 1.54) is 64.2 Å². The SMILES string of the molecule is CC.CCCCCCCCCCCC(C)(C)C(C)(C)SSCCC(=O)NCCCOC1COCC1C. The van der Waals surface area contributed by atoms with Crippen LogP contribution in [0.2, 0.25) is 0 Å². The Balaban J connectivity index is 0.00000596. The number of amides is 1. The third-order valence-corrected chi connectivity index (χ3v) is 11.0. The van der Waals surface area contributed by atoms with E-state index in [1.54, 1.807) is 0 Å². The van der Waals surface area contributed by atoms with Crippen molar-refractivity contribution in [1.29, 1.82) is 0 Å². The van der Waals surface area contributed by atoms with Gasteiger partial charge in [-0.3, -0.25) is 4.79 Å². The Hall–Kier alpha value is 0.0900. The smallest absolute Gasteiger partial charge is 0.220 e. The van der Waals surface area contributed by atoms with Crippen molar-refractivity contribution in [1.82, 2.24) is 5.32 Å². The second-order valence-corrected chi connectivity index (χ2v) is 14.3. The molecule has 1 aliphatic rings. The fourth-order valence-electron chi connectivity index (χ4n) is 4.09. The lowest BCUT2D eigenvalue weighted by Crippen LogP contribution is -2.35. The van der Waals surface area contributed by atoms with E-state index >= 15 is 0 Å². The molecule has 6 heteroatoms. The highest BCUT2D eigenvalue weighted by Crippen LogP contribution is 2.49. The molecule has 1 saturated heterocycles. The summed E-state index contributed by atoms with van der Waals surface area (Å²) in [6.07, 6.45) is 15.4. The quantitative estimate of drug-likeness (QED) is 0.115. The molecule has 0 saturated carbocycles. The van der Waals surface area contributed by atoms with Gasteiger partial charge in [-0.1, -0.05) is 121 Å². The van der Waals surface area contributed by atoms with E-state index < -0.39 is 0 Å². The molecule has 0 bridgehead atoms. The minimum Gasteiger partial charge on any atom is -0.378 e. The third-order valence-electron chi connectivity index (χ3n) is 7.49. The highest BCUT2D eigenvalue weighted by molar-refractivity contribution is 8.77. The first-order chi connectivity index (χ1) is 17.2. The number of carbonyl (C=O) groups excluding carboxylic acids is 1. The molecule has 1 heterocycles. The highest BCUT2D eigenvalue weighted by Gasteiger charge is 2.37. The minimum atomic E-state index is 0.150. The maximum Gasteiger partial charge on any atom is 0.220 e. The van der Waals surface area contributed by atoms with Crippen LogP contribution in [-0.2, 0) is 14.3 Å². The Morgan fingerprint density at radius 2 is 1.56 bits per heavy atom. The molecule has 216 valence electrons. The van der Waals surface area contributed by atoms with Crippen molar-refractivity contribution in [3.63, 3.8) is 0 Å². The molecule has 1 aliphatic heterocycles. The van der Waals surface area contributed by atoms with Crippen molar-refractivity contribution >= 4 is 27.5 Å². The third kappa shape index (κ3) is 16.8. The predicted molar refractivity (Wildman–Crippen MR) is 163 cm³/mol. The van der Waals surface area contributed by atoms with Crippen LogP contribution in [0.1, 0.15) is 132 Å². The summed E-state index contributed by atoms with van der Waals surface area (Å²) in [5.41, 5.74) is 0.288. The minimum absolute atomic E-state index is 0.150. The van der Waals surface area contributed by atoms with Crippen molar-refractivity contribution < 1.29 is 14.3 Å². The summed E-state index contributed by atoms with van der Waals surface area (Å²) in [6.45, 7) is 20.9. The van der Waals surface area contributed by atoms with Crippen molar-refractivity contribution in [3.8, 4) is 0 Å². The zero-order valence-electron chi connectivity index (χ0n) is 25.2. The summed E-state index contributed by atoms with van der Waals surface area (Å²) in [7, 11) is 3.81. The number of hydrogen-bond acceptors (Lipinski definition) is 5. The average molecular weight is 548 g/mol. The molecular weight excluding hydrogens is 486 g/mol. The van der Waals surface area contributed by atoms with Gasteiger partial charge < -0.3 is 14.8 Å². The fraction of sp³-hybridized carbons (Fsp3) is 0.967. The molecule has 1 N–H and O–H groups in total. The van der Waals surface area contributed by atoms with Gasteiger partial charge in [0.1, 0.15) is 0 Å². The van der Waals surface area contributed by atoms with E-state index in [0.717, 1.165) is 18.8 Å². The molecule has 1 fully saturated rings. The number of carbonyl (C=O) groups is 1. The van der Waals surface area contributed by atoms with Gasteiger partial charge in [0.15, 0.2) is 0 Å². The lowest BCUT2D eigenvalue weighted by atomic mass is 9.76. The molecule has 1 amide bonds. The molecule has 2 atom stereocenters. The summed E-state index contributed by atoms with van der Waals surface area (Å²) < 4.78 is 11.4. The largest absolute Gasteiger partial charge is 0.378 e. The molecule has 0 aliphatic carbocycles. The van der Waals surface area contributed by atoms with Crippen LogP contribution in [0.15, 0.2) is 0 Å². The topological polar surface area (TPSA) is 47.6 Å². The van der Waals surface area contributed by atoms with Gasteiger partial charge in [0.25, 0.3) is 0 Å². The lowest BCUT2D eigenvalue weighted by Gasteiger charge is -2.41. The number of ether oxygens (including phenoxy) is 2. The van der Waals surface area contributed by atoms with Crippen LogP contribution < -0.4 is 5.32 Å². The summed E-state index contributed by atoms with van der Waals surface area (Å²) in [5.74, 6) is 1.49. The number of rotatable bonds is 21. The molecule has 0 aromatic rings. The van der Waals surface area contributed by atoms with Gasteiger partial charge in [0.05, 0.1) is 19.3 Å². The van der Waals surface area contributed by atoms with E-state index in [4.69, 9.17) is 9.47 Å². The van der Waals surface area contributed by atoms with Gasteiger partial charge in [-0.05, 0) is 32.1 Å². The van der Waals surface area contributed by atoms with E-state index in [1.807, 2.05) is 35.4 Å². The van der Waals surface area contributed by atoms with Crippen LogP contribution in [0, 0.1) is 11.3 Å². The Morgan fingerprint density at radius 3 is 2.14 bits per heavy atom. The summed E-state index contributed by atoms with van der Waals surface area (Å²) in [4.78, 5) is 12.1. The van der Waals surface area contributed by atoms with Gasteiger partial charge >= 0.3 is 0 Å². The van der Waals surface area contributed by atoms with Crippen molar-refractivity contribution in [2.75, 3.05) is 32.1 Å². The molecule has 36 heavy (non-hydrogen) atoms. The van der Waals surface area contributed by atoms with E-state index in [-0.39, 0.29) is 22.2 Å². The monoisotopic (exact) mass is 547 g/mol. The normalized spacial score (nSPS) is 18.1. The first-order valence-electron chi connectivity index (χ1n) is 15.0. The Bertz CT molecular complexity index is 528. The van der Waals surface area contributed by atoms with Crippen LogP contribution in [0.4, 0.5) is 0 Å². The Kier molecular flexibility index (Phi) is 22.0. The standard InChI is InChI=1S/C28H55NO3S2.C2H6/c1-7-8-9-10-11-12-13-14-15-18-27(3,4)28(5,6)34-33-21-17-26(30)29-19-16-20-32-25-23-31-22-24(25)2;1-2/h24-25H,7-23H2,1-6H3,(H,29,30);1-2H3. The average Bonchev–Trinajstić information content (AvgIpc) is 3.26. The van der Waals surface area contributed by atoms with Crippen molar-refractivity contribution in [2.45, 2.75) is 143 Å². The van der Waals surface area contributed by atoms with E-state index in [2.05, 4.69) is 46.9 Å². The number of nitrogens with one attached hydrogen (secondary N) is 1. The van der Waals surface area contributed by atoms with Crippen LogP contribution >= 0.6 is 21.6 Å². The van der Waals surface area contributed by atoms with Crippen LogP contribution in [0.25, 0.3) is 0 Å². The first-order valence-corrected chi connectivity index (χ1v) is 17.3. The van der Waals surface area contributed by atoms with Gasteiger partial charge in [-0.2, -0.15) is 0 Å². The van der Waals surface area contributed by atoms with E-state index in [9.17, 15) is 4.79 Å². The van der Waals surface area contributed by atoms with E-state index in [0.29, 0.717) is 32.1 Å². The van der Waals surface area contributed by atoms with Gasteiger partial charge in [0.2, 0.25) is 5.91 Å². The van der Waals surface area contributed by atoms with Gasteiger partial charge in [0, 0.05) is 36.0 Å². The fourth-order valence-corrected chi connectivity index (χ4v) is 7.13. The molecule has 4 nitrogen and oxygen atoms in total. The molecule has 2 unspecified atom stereocenters. The molecule has 1 rings (SSSR count). The number of unbranched alkanes of at least 4 members (excludes halogenated alkanes) is 8. The van der Waals surface area contributed by atoms with Crippen LogP contribution in [0.3, 0.4) is 0 Å². The summed E-state index contributed by atoms with van der Waals surface area (Å²) in [6, 6.07) is 0. The van der Waals surface area contributed by atoms with Crippen LogP contribution in [0.5, 0.6) is 0 Å². The number of hydrogen-bond donors (Lipinski definition) is 1. The zero-order valence-corrected chi connectivity index (χ0v) is 26.8. The zero-order chi connectivity index (χ0) is 27.3. The van der Waals surface area contributed by atoms with Crippen molar-refractivity contribution in [2.24, 2.45) is 11.3 Å². The second-order valence-electron chi connectivity index (χ2n) is 11.3. The molecule has 0 aromatic carbocycles. The Morgan fingerprint density at radius 1 is 0.944 bits per heavy atom. The molecule has 0 spiro atoms. The molecule has 0 aromatic heterocycles. The maximum atomic E-state index is 12.1. The summed E-state index contributed by atoms with van der Waals surface area (Å²) in [5, 5.41) is 3.03. The maximum absolute atomic E-state index is 12.1.